The standard InChI is InChI=1S/C19H21ClN2O6S/c20-13-5-7-15(8-6-13)29(25,26)17(16-4-2-10-28-16)12-22-19(24)18(23)21-11-14-3-1-9-27-14/h2,4-8,10,14,17H,1,3,9,11-12H2,(H,21,23)(H,22,24)/t14-,17+/m1/s1. The van der Waals surface area contributed by atoms with Crippen molar-refractivity contribution in [3.8, 4) is 0 Å². The lowest BCUT2D eigenvalue weighted by molar-refractivity contribution is -0.139. The lowest BCUT2D eigenvalue weighted by Gasteiger charge is -2.17. The molecule has 1 aliphatic heterocycles. The first-order valence-electron chi connectivity index (χ1n) is 9.08. The Hall–Kier alpha value is -2.36. The van der Waals surface area contributed by atoms with E-state index in [0.717, 1.165) is 12.8 Å². The van der Waals surface area contributed by atoms with Gasteiger partial charge in [0.1, 0.15) is 11.0 Å². The zero-order chi connectivity index (χ0) is 20.9. The number of hydrogen-bond acceptors (Lipinski definition) is 6. The number of ether oxygens (including phenoxy) is 1. The number of furan rings is 1. The van der Waals surface area contributed by atoms with Gasteiger partial charge in [-0.15, -0.1) is 0 Å². The van der Waals surface area contributed by atoms with Gasteiger partial charge in [0.2, 0.25) is 0 Å². The smallest absolute Gasteiger partial charge is 0.309 e. The number of carbonyl (C=O) groups is 2. The van der Waals surface area contributed by atoms with Gasteiger partial charge in [-0.05, 0) is 49.2 Å². The van der Waals surface area contributed by atoms with Crippen LogP contribution < -0.4 is 10.6 Å². The Balaban J connectivity index is 1.67. The number of carbonyl (C=O) groups excluding carboxylic acids is 2. The summed E-state index contributed by atoms with van der Waals surface area (Å²) in [6.07, 6.45) is 2.98. The molecule has 1 aliphatic rings. The summed E-state index contributed by atoms with van der Waals surface area (Å²) in [5, 5.41) is 4.07. The third-order valence-electron chi connectivity index (χ3n) is 4.55. The summed E-state index contributed by atoms with van der Waals surface area (Å²) < 4.78 is 36.8. The number of halogens is 1. The van der Waals surface area contributed by atoms with Gasteiger partial charge >= 0.3 is 11.8 Å². The molecule has 0 aliphatic carbocycles. The molecule has 1 aromatic carbocycles. The molecule has 3 rings (SSSR count). The minimum atomic E-state index is -3.91. The highest BCUT2D eigenvalue weighted by atomic mass is 35.5. The van der Waals surface area contributed by atoms with Crippen molar-refractivity contribution < 1.29 is 27.2 Å². The topological polar surface area (TPSA) is 115 Å². The molecule has 29 heavy (non-hydrogen) atoms. The minimum absolute atomic E-state index is 0.0281. The first kappa shape index (κ1) is 21.4. The van der Waals surface area contributed by atoms with Crippen LogP contribution in [0.25, 0.3) is 0 Å². The fraction of sp³-hybridized carbons (Fsp3) is 0.368. The van der Waals surface area contributed by atoms with Crippen LogP contribution in [0.4, 0.5) is 0 Å². The maximum atomic E-state index is 13.1. The van der Waals surface area contributed by atoms with Crippen molar-refractivity contribution in [1.82, 2.24) is 10.6 Å². The summed E-state index contributed by atoms with van der Waals surface area (Å²) in [6.45, 7) is 0.543. The zero-order valence-electron chi connectivity index (χ0n) is 15.5. The van der Waals surface area contributed by atoms with Crippen LogP contribution in [0, 0.1) is 0 Å². The molecule has 2 amide bonds. The van der Waals surface area contributed by atoms with Gasteiger partial charge in [-0.1, -0.05) is 11.6 Å². The van der Waals surface area contributed by atoms with Crippen LogP contribution in [0.5, 0.6) is 0 Å². The molecule has 0 spiro atoms. The van der Waals surface area contributed by atoms with Crippen LogP contribution in [0.3, 0.4) is 0 Å². The van der Waals surface area contributed by atoms with E-state index in [0.29, 0.717) is 11.6 Å². The average molecular weight is 441 g/mol. The third kappa shape index (κ3) is 5.37. The third-order valence-corrected chi connectivity index (χ3v) is 6.88. The molecule has 2 heterocycles. The van der Waals surface area contributed by atoms with Crippen molar-refractivity contribution in [2.45, 2.75) is 29.1 Å². The first-order valence-corrected chi connectivity index (χ1v) is 11.0. The molecular formula is C19H21ClN2O6S. The van der Waals surface area contributed by atoms with Crippen molar-refractivity contribution in [2.24, 2.45) is 0 Å². The van der Waals surface area contributed by atoms with E-state index < -0.39 is 26.9 Å². The summed E-state index contributed by atoms with van der Waals surface area (Å²) in [4.78, 5) is 24.1. The molecule has 1 saturated heterocycles. The quantitative estimate of drug-likeness (QED) is 0.635. The van der Waals surface area contributed by atoms with Crippen LogP contribution in [-0.4, -0.2) is 46.0 Å². The first-order chi connectivity index (χ1) is 13.9. The minimum Gasteiger partial charge on any atom is -0.468 e. The van der Waals surface area contributed by atoms with Crippen molar-refractivity contribution in [3.05, 3.63) is 53.4 Å². The van der Waals surface area contributed by atoms with Crippen LogP contribution in [0.2, 0.25) is 5.02 Å². The zero-order valence-corrected chi connectivity index (χ0v) is 17.0. The summed E-state index contributed by atoms with van der Waals surface area (Å²) >= 11 is 5.83. The van der Waals surface area contributed by atoms with E-state index in [-0.39, 0.29) is 29.8 Å². The maximum Gasteiger partial charge on any atom is 0.309 e. The Morgan fingerprint density at radius 2 is 1.86 bits per heavy atom. The Morgan fingerprint density at radius 3 is 2.48 bits per heavy atom. The number of amides is 2. The van der Waals surface area contributed by atoms with Crippen molar-refractivity contribution in [2.75, 3.05) is 19.7 Å². The van der Waals surface area contributed by atoms with Crippen molar-refractivity contribution >= 4 is 33.3 Å². The van der Waals surface area contributed by atoms with E-state index in [9.17, 15) is 18.0 Å². The number of sulfone groups is 1. The van der Waals surface area contributed by atoms with Gasteiger partial charge < -0.3 is 19.8 Å². The largest absolute Gasteiger partial charge is 0.468 e. The molecule has 1 aromatic heterocycles. The highest BCUT2D eigenvalue weighted by molar-refractivity contribution is 7.91. The van der Waals surface area contributed by atoms with Crippen LogP contribution in [0.1, 0.15) is 23.9 Å². The van der Waals surface area contributed by atoms with E-state index >= 15 is 0 Å². The number of benzene rings is 1. The lowest BCUT2D eigenvalue weighted by atomic mass is 10.2. The molecule has 2 N–H and O–H groups in total. The second kappa shape index (κ2) is 9.43. The van der Waals surface area contributed by atoms with E-state index in [2.05, 4.69) is 10.6 Å². The Kier molecular flexibility index (Phi) is 6.94. The molecule has 0 bridgehead atoms. The van der Waals surface area contributed by atoms with Crippen molar-refractivity contribution in [1.29, 1.82) is 0 Å². The van der Waals surface area contributed by atoms with Crippen LogP contribution in [0.15, 0.2) is 52.0 Å². The molecule has 0 unspecified atom stereocenters. The summed E-state index contributed by atoms with van der Waals surface area (Å²) in [7, 11) is -3.91. The molecule has 10 heteroatoms. The summed E-state index contributed by atoms with van der Waals surface area (Å²) in [5.74, 6) is -1.62. The van der Waals surface area contributed by atoms with E-state index in [1.54, 1.807) is 6.07 Å². The van der Waals surface area contributed by atoms with Gasteiger partial charge in [0.05, 0.1) is 17.3 Å². The molecule has 0 saturated carbocycles. The fourth-order valence-corrected chi connectivity index (χ4v) is 4.70. The number of nitrogens with one attached hydrogen (secondary N) is 2. The highest BCUT2D eigenvalue weighted by Gasteiger charge is 2.32. The van der Waals surface area contributed by atoms with Gasteiger partial charge in [0.15, 0.2) is 9.84 Å². The molecular weight excluding hydrogens is 420 g/mol. The molecule has 1 fully saturated rings. The van der Waals surface area contributed by atoms with Gasteiger partial charge in [-0.25, -0.2) is 8.42 Å². The molecule has 2 aromatic rings. The van der Waals surface area contributed by atoms with Gasteiger partial charge in [0.25, 0.3) is 0 Å². The van der Waals surface area contributed by atoms with E-state index in [1.165, 1.54) is 36.6 Å². The molecule has 0 radical (unpaired) electrons. The number of hydrogen-bond donors (Lipinski definition) is 2. The van der Waals surface area contributed by atoms with Gasteiger partial charge in [-0.3, -0.25) is 9.59 Å². The monoisotopic (exact) mass is 440 g/mol. The lowest BCUT2D eigenvalue weighted by Crippen LogP contribution is -2.44. The fourth-order valence-electron chi connectivity index (χ4n) is 2.98. The molecule has 8 nitrogen and oxygen atoms in total. The maximum absolute atomic E-state index is 13.1. The average Bonchev–Trinajstić information content (AvgIpc) is 3.40. The van der Waals surface area contributed by atoms with Crippen LogP contribution in [-0.2, 0) is 24.2 Å². The van der Waals surface area contributed by atoms with E-state index in [4.69, 9.17) is 20.8 Å². The number of rotatable bonds is 7. The normalized spacial score (nSPS) is 17.6. The molecule has 156 valence electrons. The highest BCUT2D eigenvalue weighted by Crippen LogP contribution is 2.29. The predicted octanol–water partition coefficient (Wildman–Crippen LogP) is 1.86. The van der Waals surface area contributed by atoms with Gasteiger partial charge in [-0.2, -0.15) is 0 Å². The van der Waals surface area contributed by atoms with Crippen LogP contribution >= 0.6 is 11.6 Å². The Bertz CT molecular complexity index is 938. The summed E-state index contributed by atoms with van der Waals surface area (Å²) in [5.41, 5.74) is 0. The second-order valence-corrected chi connectivity index (χ2v) is 9.12. The summed E-state index contributed by atoms with van der Waals surface area (Å²) in [6, 6.07) is 8.74. The second-order valence-electron chi connectivity index (χ2n) is 6.56. The molecule has 2 atom stereocenters. The van der Waals surface area contributed by atoms with Gasteiger partial charge in [0, 0.05) is 24.7 Å². The SMILES string of the molecule is O=C(NC[C@H]1CCCO1)C(=O)NC[C@@H](c1ccco1)S(=O)(=O)c1ccc(Cl)cc1. The Morgan fingerprint density at radius 1 is 1.14 bits per heavy atom. The predicted molar refractivity (Wildman–Crippen MR) is 105 cm³/mol. The Labute approximate surface area is 173 Å². The van der Waals surface area contributed by atoms with Crippen molar-refractivity contribution in [3.63, 3.8) is 0 Å². The van der Waals surface area contributed by atoms with E-state index in [1.807, 2.05) is 0 Å².